The van der Waals surface area contributed by atoms with E-state index in [0.29, 0.717) is 5.54 Å². The molecule has 0 unspecified atom stereocenters. The Morgan fingerprint density at radius 1 is 1.17 bits per heavy atom. The fourth-order valence-corrected chi connectivity index (χ4v) is 2.80. The van der Waals surface area contributed by atoms with Crippen LogP contribution in [-0.4, -0.2) is 12.1 Å². The van der Waals surface area contributed by atoms with Gasteiger partial charge in [0.1, 0.15) is 0 Å². The Bertz CT molecular complexity index is 386. The van der Waals surface area contributed by atoms with Crippen molar-refractivity contribution in [3.8, 4) is 0 Å². The number of rotatable bonds is 4. The maximum absolute atomic E-state index is 5.75. The first-order chi connectivity index (χ1) is 8.41. The summed E-state index contributed by atoms with van der Waals surface area (Å²) in [6, 6.07) is 8.28. The molecule has 1 saturated carbocycles. The van der Waals surface area contributed by atoms with E-state index in [4.69, 9.17) is 5.73 Å². The topological polar surface area (TPSA) is 38.0 Å². The second-order valence-corrected chi connectivity index (χ2v) is 6.63. The second-order valence-electron chi connectivity index (χ2n) is 6.63. The van der Waals surface area contributed by atoms with Crippen LogP contribution in [0.2, 0.25) is 0 Å². The summed E-state index contributed by atoms with van der Waals surface area (Å²) in [5, 5.41) is 3.78. The first-order valence-corrected chi connectivity index (χ1v) is 7.02. The third kappa shape index (κ3) is 3.05. The van der Waals surface area contributed by atoms with Gasteiger partial charge in [0.05, 0.1) is 0 Å². The third-order valence-electron chi connectivity index (χ3n) is 4.36. The molecule has 1 aliphatic rings. The molecule has 0 amide bonds. The Kier molecular flexibility index (Phi) is 3.67. The van der Waals surface area contributed by atoms with E-state index < -0.39 is 0 Å². The lowest BCUT2D eigenvalue weighted by atomic mass is 9.83. The van der Waals surface area contributed by atoms with Crippen molar-refractivity contribution >= 4 is 5.69 Å². The summed E-state index contributed by atoms with van der Waals surface area (Å²) in [5.41, 5.74) is 8.44. The van der Waals surface area contributed by atoms with Gasteiger partial charge in [0.15, 0.2) is 0 Å². The number of hydrogen-bond acceptors (Lipinski definition) is 2. The molecule has 1 fully saturated rings. The number of anilines is 1. The van der Waals surface area contributed by atoms with E-state index in [9.17, 15) is 0 Å². The van der Waals surface area contributed by atoms with E-state index in [2.05, 4.69) is 38.2 Å². The van der Waals surface area contributed by atoms with E-state index in [0.717, 1.165) is 12.2 Å². The highest BCUT2D eigenvalue weighted by atomic mass is 15.0. The van der Waals surface area contributed by atoms with Crippen LogP contribution in [0.15, 0.2) is 24.3 Å². The molecule has 100 valence electrons. The van der Waals surface area contributed by atoms with Crippen LogP contribution in [0.5, 0.6) is 0 Å². The van der Waals surface area contributed by atoms with Gasteiger partial charge in [-0.25, -0.2) is 0 Å². The van der Waals surface area contributed by atoms with Gasteiger partial charge in [-0.2, -0.15) is 0 Å². The fourth-order valence-electron chi connectivity index (χ4n) is 2.80. The van der Waals surface area contributed by atoms with E-state index in [1.165, 1.54) is 31.2 Å². The highest BCUT2D eigenvalue weighted by Gasteiger charge is 2.30. The molecule has 1 aromatic carbocycles. The summed E-state index contributed by atoms with van der Waals surface area (Å²) in [6.45, 7) is 7.97. The number of nitrogen functional groups attached to an aromatic ring is 1. The van der Waals surface area contributed by atoms with Gasteiger partial charge in [0.2, 0.25) is 0 Å². The minimum absolute atomic E-state index is 0.152. The summed E-state index contributed by atoms with van der Waals surface area (Å²) in [4.78, 5) is 0. The van der Waals surface area contributed by atoms with Crippen LogP contribution in [-0.2, 0) is 5.41 Å². The van der Waals surface area contributed by atoms with Crippen LogP contribution in [0.1, 0.15) is 52.0 Å². The zero-order chi connectivity index (χ0) is 13.2. The molecule has 0 atom stereocenters. The number of hydrogen-bond donors (Lipinski definition) is 2. The van der Waals surface area contributed by atoms with Gasteiger partial charge in [-0.05, 0) is 37.5 Å². The Hall–Kier alpha value is -1.02. The highest BCUT2D eigenvalue weighted by Crippen LogP contribution is 2.31. The molecule has 0 heterocycles. The Balaban J connectivity index is 2.00. The minimum Gasteiger partial charge on any atom is -0.399 e. The normalized spacial score (nSPS) is 19.1. The SMILES string of the molecule is CC1(NCC(C)(C)c2ccc(N)cc2)CCCC1. The molecule has 2 nitrogen and oxygen atoms in total. The van der Waals surface area contributed by atoms with E-state index in [1.54, 1.807) is 0 Å². The molecule has 1 aromatic rings. The largest absolute Gasteiger partial charge is 0.399 e. The molecule has 3 N–H and O–H groups in total. The average Bonchev–Trinajstić information content (AvgIpc) is 2.75. The van der Waals surface area contributed by atoms with Gasteiger partial charge in [-0.1, -0.05) is 38.8 Å². The van der Waals surface area contributed by atoms with Crippen molar-refractivity contribution in [1.29, 1.82) is 0 Å². The summed E-state index contributed by atoms with van der Waals surface area (Å²) in [6.07, 6.45) is 5.35. The summed E-state index contributed by atoms with van der Waals surface area (Å²) in [7, 11) is 0. The molecule has 0 aromatic heterocycles. The van der Waals surface area contributed by atoms with Gasteiger partial charge >= 0.3 is 0 Å². The fraction of sp³-hybridized carbons (Fsp3) is 0.625. The minimum atomic E-state index is 0.152. The average molecular weight is 246 g/mol. The third-order valence-corrected chi connectivity index (χ3v) is 4.36. The quantitative estimate of drug-likeness (QED) is 0.798. The van der Waals surface area contributed by atoms with Crippen LogP contribution in [0.4, 0.5) is 5.69 Å². The standard InChI is InChI=1S/C16H26N2/c1-15(2,13-6-8-14(17)9-7-13)12-18-16(3)10-4-5-11-16/h6-9,18H,4-5,10-12,17H2,1-3H3. The van der Waals surface area contributed by atoms with Crippen LogP contribution in [0, 0.1) is 0 Å². The predicted molar refractivity (Wildman–Crippen MR) is 78.8 cm³/mol. The second kappa shape index (κ2) is 4.93. The number of nitrogens with two attached hydrogens (primary N) is 1. The monoisotopic (exact) mass is 246 g/mol. The van der Waals surface area contributed by atoms with Crippen LogP contribution in [0.25, 0.3) is 0 Å². The molecule has 2 heteroatoms. The van der Waals surface area contributed by atoms with Crippen LogP contribution in [0.3, 0.4) is 0 Å². The van der Waals surface area contributed by atoms with Crippen molar-refractivity contribution < 1.29 is 0 Å². The van der Waals surface area contributed by atoms with Crippen molar-refractivity contribution in [2.24, 2.45) is 0 Å². The first kappa shape index (κ1) is 13.4. The van der Waals surface area contributed by atoms with Crippen LogP contribution >= 0.6 is 0 Å². The molecule has 0 spiro atoms. The molecule has 0 aliphatic heterocycles. The van der Waals surface area contributed by atoms with E-state index >= 15 is 0 Å². The van der Waals surface area contributed by atoms with Crippen LogP contribution < -0.4 is 11.1 Å². The summed E-state index contributed by atoms with van der Waals surface area (Å²) in [5.74, 6) is 0. The molecule has 0 radical (unpaired) electrons. The van der Waals surface area contributed by atoms with Gasteiger partial charge in [-0.15, -0.1) is 0 Å². The summed E-state index contributed by atoms with van der Waals surface area (Å²) < 4.78 is 0. The maximum Gasteiger partial charge on any atom is 0.0314 e. The Morgan fingerprint density at radius 2 is 1.72 bits per heavy atom. The van der Waals surface area contributed by atoms with Gasteiger partial charge < -0.3 is 11.1 Å². The molecule has 0 bridgehead atoms. The van der Waals surface area contributed by atoms with Gasteiger partial charge in [-0.3, -0.25) is 0 Å². The number of nitrogens with one attached hydrogen (secondary N) is 1. The maximum atomic E-state index is 5.75. The Labute approximate surface area is 111 Å². The molecule has 2 rings (SSSR count). The zero-order valence-electron chi connectivity index (χ0n) is 11.9. The zero-order valence-corrected chi connectivity index (χ0v) is 11.9. The van der Waals surface area contributed by atoms with E-state index in [1.807, 2.05) is 12.1 Å². The predicted octanol–water partition coefficient (Wildman–Crippen LogP) is 3.47. The van der Waals surface area contributed by atoms with Gasteiger partial charge in [0.25, 0.3) is 0 Å². The molecule has 0 saturated heterocycles. The lowest BCUT2D eigenvalue weighted by molar-refractivity contribution is 0.323. The molecule has 18 heavy (non-hydrogen) atoms. The molecular formula is C16H26N2. The number of benzene rings is 1. The summed E-state index contributed by atoms with van der Waals surface area (Å²) >= 11 is 0. The molecular weight excluding hydrogens is 220 g/mol. The first-order valence-electron chi connectivity index (χ1n) is 7.02. The van der Waals surface area contributed by atoms with Crippen molar-refractivity contribution in [3.63, 3.8) is 0 Å². The van der Waals surface area contributed by atoms with E-state index in [-0.39, 0.29) is 5.41 Å². The van der Waals surface area contributed by atoms with Crippen molar-refractivity contribution in [1.82, 2.24) is 5.32 Å². The lowest BCUT2D eigenvalue weighted by Crippen LogP contribution is -2.45. The lowest BCUT2D eigenvalue weighted by Gasteiger charge is -2.33. The van der Waals surface area contributed by atoms with Crippen molar-refractivity contribution in [2.45, 2.75) is 57.4 Å². The van der Waals surface area contributed by atoms with Gasteiger partial charge in [0, 0.05) is 23.2 Å². The van der Waals surface area contributed by atoms with Crippen molar-refractivity contribution in [2.75, 3.05) is 12.3 Å². The molecule has 1 aliphatic carbocycles. The Morgan fingerprint density at radius 3 is 2.28 bits per heavy atom. The highest BCUT2D eigenvalue weighted by molar-refractivity contribution is 5.41. The smallest absolute Gasteiger partial charge is 0.0314 e. The van der Waals surface area contributed by atoms with Crippen molar-refractivity contribution in [3.05, 3.63) is 29.8 Å².